The van der Waals surface area contributed by atoms with Crippen molar-refractivity contribution in [3.05, 3.63) is 54.4 Å². The van der Waals surface area contributed by atoms with E-state index >= 15 is 0 Å². The first-order valence-corrected chi connectivity index (χ1v) is 8.49. The Kier molecular flexibility index (Phi) is 5.00. The number of pyridine rings is 1. The van der Waals surface area contributed by atoms with Crippen LogP contribution >= 0.6 is 0 Å². The number of carboxylic acid groups (broad SMARTS) is 1. The molecular formula is C16H17N2O4S-. The van der Waals surface area contributed by atoms with E-state index in [-0.39, 0.29) is 16.5 Å². The highest BCUT2D eigenvalue weighted by atomic mass is 32.2. The van der Waals surface area contributed by atoms with Gasteiger partial charge in [0.05, 0.1) is 18.2 Å². The van der Waals surface area contributed by atoms with Gasteiger partial charge in [-0.2, -0.15) is 0 Å². The van der Waals surface area contributed by atoms with Gasteiger partial charge in [-0.25, -0.2) is 8.42 Å². The molecule has 0 unspecified atom stereocenters. The van der Waals surface area contributed by atoms with Gasteiger partial charge in [-0.05, 0) is 35.7 Å². The van der Waals surface area contributed by atoms with Gasteiger partial charge in [0.25, 0.3) is 10.0 Å². The van der Waals surface area contributed by atoms with Crippen molar-refractivity contribution in [2.45, 2.75) is 24.7 Å². The highest BCUT2D eigenvalue weighted by Gasteiger charge is 2.25. The normalized spacial score (nSPS) is 11.4. The second-order valence-corrected chi connectivity index (χ2v) is 7.18. The number of hydrogen-bond donors (Lipinski definition) is 0. The van der Waals surface area contributed by atoms with Gasteiger partial charge in [-0.3, -0.25) is 9.29 Å². The number of rotatable bonds is 6. The van der Waals surface area contributed by atoms with E-state index in [9.17, 15) is 18.3 Å². The Morgan fingerprint density at radius 2 is 1.87 bits per heavy atom. The molecule has 0 saturated carbocycles. The molecule has 0 atom stereocenters. The molecule has 0 aliphatic heterocycles. The van der Waals surface area contributed by atoms with Gasteiger partial charge in [0.2, 0.25) is 0 Å². The van der Waals surface area contributed by atoms with Crippen LogP contribution in [0.3, 0.4) is 0 Å². The van der Waals surface area contributed by atoms with E-state index in [0.29, 0.717) is 0 Å². The number of benzene rings is 1. The Bertz CT molecular complexity index is 771. The molecule has 0 fully saturated rings. The van der Waals surface area contributed by atoms with E-state index < -0.39 is 22.5 Å². The predicted octanol–water partition coefficient (Wildman–Crippen LogP) is 1.15. The van der Waals surface area contributed by atoms with E-state index in [0.717, 1.165) is 9.87 Å². The highest BCUT2D eigenvalue weighted by molar-refractivity contribution is 7.92. The van der Waals surface area contributed by atoms with Crippen molar-refractivity contribution >= 4 is 21.7 Å². The number of nitrogens with zero attached hydrogens (tertiary/aromatic N) is 2. The SMILES string of the molecule is CC(C)c1ccc(N(CC(=O)[O-])S(=O)(=O)c2cccnc2)cc1. The second-order valence-electron chi connectivity index (χ2n) is 5.32. The van der Waals surface area contributed by atoms with E-state index in [1.54, 1.807) is 24.3 Å². The summed E-state index contributed by atoms with van der Waals surface area (Å²) in [6.07, 6.45) is 2.62. The lowest BCUT2D eigenvalue weighted by molar-refractivity contribution is -0.303. The van der Waals surface area contributed by atoms with Crippen LogP contribution < -0.4 is 9.41 Å². The van der Waals surface area contributed by atoms with Crippen molar-refractivity contribution in [3.63, 3.8) is 0 Å². The highest BCUT2D eigenvalue weighted by Crippen LogP contribution is 2.25. The van der Waals surface area contributed by atoms with Crippen molar-refractivity contribution in [2.75, 3.05) is 10.8 Å². The zero-order valence-corrected chi connectivity index (χ0v) is 13.7. The number of aromatic nitrogens is 1. The Hall–Kier alpha value is -2.41. The largest absolute Gasteiger partial charge is 0.548 e. The predicted molar refractivity (Wildman–Crippen MR) is 84.3 cm³/mol. The van der Waals surface area contributed by atoms with E-state index in [4.69, 9.17) is 0 Å². The minimum atomic E-state index is -4.03. The van der Waals surface area contributed by atoms with E-state index in [2.05, 4.69) is 4.98 Å². The first-order chi connectivity index (χ1) is 10.8. The molecule has 0 bridgehead atoms. The molecule has 0 aliphatic rings. The van der Waals surface area contributed by atoms with Crippen LogP contribution in [-0.2, 0) is 14.8 Å². The number of sulfonamides is 1. The van der Waals surface area contributed by atoms with Gasteiger partial charge in [-0.1, -0.05) is 26.0 Å². The molecule has 0 aliphatic carbocycles. The van der Waals surface area contributed by atoms with Crippen LogP contribution in [0, 0.1) is 0 Å². The summed E-state index contributed by atoms with van der Waals surface area (Å²) in [6, 6.07) is 9.58. The molecule has 0 saturated heterocycles. The summed E-state index contributed by atoms with van der Waals surface area (Å²) >= 11 is 0. The number of hydrogen-bond acceptors (Lipinski definition) is 5. The number of aliphatic carboxylic acids is 1. The van der Waals surface area contributed by atoms with Crippen LogP contribution in [0.15, 0.2) is 53.7 Å². The van der Waals surface area contributed by atoms with Crippen LogP contribution in [0.5, 0.6) is 0 Å². The minimum Gasteiger partial charge on any atom is -0.548 e. The topological polar surface area (TPSA) is 90.4 Å². The lowest BCUT2D eigenvalue weighted by Crippen LogP contribution is -2.41. The summed E-state index contributed by atoms with van der Waals surface area (Å²) < 4.78 is 26.2. The van der Waals surface area contributed by atoms with Gasteiger partial charge in [0.1, 0.15) is 4.90 Å². The summed E-state index contributed by atoms with van der Waals surface area (Å²) in [7, 11) is -4.03. The average molecular weight is 333 g/mol. The lowest BCUT2D eigenvalue weighted by atomic mass is 10.0. The van der Waals surface area contributed by atoms with Crippen LogP contribution in [0.4, 0.5) is 5.69 Å². The van der Waals surface area contributed by atoms with Gasteiger partial charge in [0.15, 0.2) is 0 Å². The maximum absolute atomic E-state index is 12.7. The average Bonchev–Trinajstić information content (AvgIpc) is 2.53. The maximum Gasteiger partial charge on any atom is 0.266 e. The molecule has 0 spiro atoms. The Labute approximate surface area is 135 Å². The summed E-state index contributed by atoms with van der Waals surface area (Å²) in [5, 5.41) is 11.0. The summed E-state index contributed by atoms with van der Waals surface area (Å²) in [5.41, 5.74) is 1.29. The minimum absolute atomic E-state index is 0.0748. The Morgan fingerprint density at radius 3 is 2.35 bits per heavy atom. The molecule has 1 aromatic carbocycles. The van der Waals surface area contributed by atoms with Crippen molar-refractivity contribution in [1.82, 2.24) is 4.98 Å². The van der Waals surface area contributed by atoms with E-state index in [1.807, 2.05) is 13.8 Å². The molecule has 1 aromatic heterocycles. The van der Waals surface area contributed by atoms with Gasteiger partial charge >= 0.3 is 0 Å². The third kappa shape index (κ3) is 3.87. The first kappa shape index (κ1) is 17.0. The van der Waals surface area contributed by atoms with Crippen LogP contribution in [0.25, 0.3) is 0 Å². The number of carbonyl (C=O) groups is 1. The molecule has 0 N–H and O–H groups in total. The van der Waals surface area contributed by atoms with Crippen LogP contribution in [-0.4, -0.2) is 25.9 Å². The molecule has 1 heterocycles. The molecular weight excluding hydrogens is 316 g/mol. The van der Waals surface area contributed by atoms with Gasteiger partial charge in [0, 0.05) is 12.4 Å². The molecule has 0 radical (unpaired) electrons. The lowest BCUT2D eigenvalue weighted by Gasteiger charge is -2.25. The van der Waals surface area contributed by atoms with Crippen molar-refractivity contribution in [2.24, 2.45) is 0 Å². The summed E-state index contributed by atoms with van der Waals surface area (Å²) in [5.74, 6) is -1.20. The molecule has 2 aromatic rings. The standard InChI is InChI=1S/C16H18N2O4S/c1-12(2)13-5-7-14(8-6-13)18(11-16(19)20)23(21,22)15-4-3-9-17-10-15/h3-10,12H,11H2,1-2H3,(H,19,20)/p-1. The molecule has 0 amide bonds. The fourth-order valence-electron chi connectivity index (χ4n) is 2.08. The molecule has 2 rings (SSSR count). The summed E-state index contributed by atoms with van der Waals surface area (Å²) in [4.78, 5) is 14.7. The van der Waals surface area contributed by atoms with E-state index in [1.165, 1.54) is 24.5 Å². The first-order valence-electron chi connectivity index (χ1n) is 7.05. The second kappa shape index (κ2) is 6.78. The zero-order valence-electron chi connectivity index (χ0n) is 12.8. The smallest absolute Gasteiger partial charge is 0.266 e. The maximum atomic E-state index is 12.7. The third-order valence-electron chi connectivity index (χ3n) is 3.34. The van der Waals surface area contributed by atoms with Gasteiger partial charge in [-0.15, -0.1) is 0 Å². The summed E-state index contributed by atoms with van der Waals surface area (Å²) in [6.45, 7) is 3.26. The van der Waals surface area contributed by atoms with Crippen molar-refractivity contribution in [3.8, 4) is 0 Å². The van der Waals surface area contributed by atoms with Gasteiger partial charge < -0.3 is 9.90 Å². The Balaban J connectivity index is 2.47. The quantitative estimate of drug-likeness (QED) is 0.791. The fourth-order valence-corrected chi connectivity index (χ4v) is 3.46. The monoisotopic (exact) mass is 333 g/mol. The molecule has 6 nitrogen and oxygen atoms in total. The number of carbonyl (C=O) groups excluding carboxylic acids is 1. The van der Waals surface area contributed by atoms with Crippen molar-refractivity contribution < 1.29 is 18.3 Å². The zero-order chi connectivity index (χ0) is 17.0. The molecule has 122 valence electrons. The number of anilines is 1. The Morgan fingerprint density at radius 1 is 1.22 bits per heavy atom. The van der Waals surface area contributed by atoms with Crippen LogP contribution in [0.2, 0.25) is 0 Å². The van der Waals surface area contributed by atoms with Crippen LogP contribution in [0.1, 0.15) is 25.3 Å². The molecule has 23 heavy (non-hydrogen) atoms. The third-order valence-corrected chi connectivity index (χ3v) is 5.10. The fraction of sp³-hybridized carbons (Fsp3) is 0.250. The molecule has 7 heteroatoms. The number of carboxylic acids is 1. The van der Waals surface area contributed by atoms with Crippen molar-refractivity contribution in [1.29, 1.82) is 0 Å².